The first-order chi connectivity index (χ1) is 28.9. The molecule has 6 N–H and O–H groups in total. The number of thioether (sulfide) groups is 2. The van der Waals surface area contributed by atoms with Crippen molar-refractivity contribution < 1.29 is 48.5 Å². The number of phenols is 2. The first-order valence-corrected chi connectivity index (χ1v) is 23.3. The second kappa shape index (κ2) is 30.6. The highest BCUT2D eigenvalue weighted by atomic mass is 32.2. The summed E-state index contributed by atoms with van der Waals surface area (Å²) in [4.78, 5) is 74.2. The van der Waals surface area contributed by atoms with Crippen molar-refractivity contribution in [3.8, 4) is 11.5 Å². The van der Waals surface area contributed by atoms with Crippen LogP contribution in [0.1, 0.15) is 149 Å². The van der Waals surface area contributed by atoms with Gasteiger partial charge in [0, 0.05) is 11.5 Å². The number of amides is 4. The van der Waals surface area contributed by atoms with Crippen LogP contribution in [0.4, 0.5) is 0 Å². The highest BCUT2D eigenvalue weighted by molar-refractivity contribution is 8.00. The molecule has 2 aromatic carbocycles. The summed E-state index contributed by atoms with van der Waals surface area (Å²) in [7, 11) is 0. The van der Waals surface area contributed by atoms with Crippen LogP contribution >= 0.6 is 23.5 Å². The van der Waals surface area contributed by atoms with Crippen molar-refractivity contribution >= 4 is 59.1 Å². The Morgan fingerprint density at radius 1 is 0.550 bits per heavy atom. The summed E-state index contributed by atoms with van der Waals surface area (Å²) in [6, 6.07) is 9.75. The predicted octanol–water partition coefficient (Wildman–Crippen LogP) is 7.24. The number of hydrogen-bond acceptors (Lipinski definition) is 12. The Hall–Kier alpha value is -4.44. The molecule has 0 saturated carbocycles. The Kier molecular flexibility index (Phi) is 26.3. The smallest absolute Gasteiger partial charge is 0.306 e. The van der Waals surface area contributed by atoms with E-state index in [2.05, 4.69) is 35.6 Å². The van der Waals surface area contributed by atoms with Gasteiger partial charge in [-0.25, -0.2) is 0 Å². The molecule has 0 spiro atoms. The van der Waals surface area contributed by atoms with Crippen molar-refractivity contribution in [2.45, 2.75) is 141 Å². The molecule has 0 aliphatic heterocycles. The third kappa shape index (κ3) is 21.7. The molecule has 60 heavy (non-hydrogen) atoms. The van der Waals surface area contributed by atoms with Gasteiger partial charge in [0.15, 0.2) is 0 Å². The Labute approximate surface area is 363 Å². The molecule has 4 amide bonds. The highest BCUT2D eigenvalue weighted by Gasteiger charge is 2.19. The molecule has 14 nitrogen and oxygen atoms in total. The van der Waals surface area contributed by atoms with Gasteiger partial charge in [-0.2, -0.15) is 0 Å². The van der Waals surface area contributed by atoms with Gasteiger partial charge in [0.2, 0.25) is 0 Å². The first kappa shape index (κ1) is 51.7. The average molecular weight is 875 g/mol. The van der Waals surface area contributed by atoms with Crippen LogP contribution in [0.3, 0.4) is 0 Å². The van der Waals surface area contributed by atoms with Crippen molar-refractivity contribution in [2.24, 2.45) is 0 Å². The van der Waals surface area contributed by atoms with E-state index in [0.29, 0.717) is 24.7 Å². The van der Waals surface area contributed by atoms with Crippen LogP contribution in [0, 0.1) is 0 Å². The number of unbranched alkanes of at least 4 members (excludes halogenated alkanes) is 9. The summed E-state index contributed by atoms with van der Waals surface area (Å²) in [5, 5.41) is 19.1. The van der Waals surface area contributed by atoms with Gasteiger partial charge in [-0.05, 0) is 87.8 Å². The highest BCUT2D eigenvalue weighted by Crippen LogP contribution is 2.21. The van der Waals surface area contributed by atoms with Crippen LogP contribution < -0.4 is 21.7 Å². The number of ether oxygens (including phenoxy) is 2. The van der Waals surface area contributed by atoms with Crippen molar-refractivity contribution in [1.29, 1.82) is 0 Å². The van der Waals surface area contributed by atoms with Gasteiger partial charge in [0.05, 0.1) is 47.7 Å². The number of benzene rings is 2. The maximum atomic E-state index is 12.5. The van der Waals surface area contributed by atoms with Crippen LogP contribution in [0.2, 0.25) is 0 Å². The lowest BCUT2D eigenvalue weighted by Gasteiger charge is -2.13. The van der Waals surface area contributed by atoms with Crippen LogP contribution in [0.15, 0.2) is 36.4 Å². The van der Waals surface area contributed by atoms with E-state index in [0.717, 1.165) is 101 Å². The van der Waals surface area contributed by atoms with E-state index in [4.69, 9.17) is 9.47 Å². The standard InChI is InChI=1S/C44H66N4O10S2/c1-5-7-17-33-19-21-37(49)35(29-33)43(55)47-45-41(53)31(3)59-27-23-39(51)57-25-15-13-11-9-10-12-14-16-26-58-40(52)24-28-60-32(4)42(54)46-48-44(56)36-30-34(18-8-6-2)20-22-38(36)50/h19-22,29-32,49-50H,5-18,23-28H2,1-4H3,(H,45,53)(H,46,54)(H,47,55)(H,48,56). The lowest BCUT2D eigenvalue weighted by Crippen LogP contribution is -2.45. The molecule has 2 rings (SSSR count). The van der Waals surface area contributed by atoms with Crippen LogP contribution in [-0.2, 0) is 41.5 Å². The molecular weight excluding hydrogens is 809 g/mol. The number of carbonyl (C=O) groups is 6. The zero-order chi connectivity index (χ0) is 44.1. The second-order valence-corrected chi connectivity index (χ2v) is 17.5. The molecule has 0 aliphatic carbocycles. The summed E-state index contributed by atoms with van der Waals surface area (Å²) in [5.41, 5.74) is 11.5. The number of hydrazine groups is 2. The third-order valence-corrected chi connectivity index (χ3v) is 11.8. The molecule has 2 unspecified atom stereocenters. The summed E-state index contributed by atoms with van der Waals surface area (Å²) < 4.78 is 10.7. The third-order valence-electron chi connectivity index (χ3n) is 9.50. The van der Waals surface area contributed by atoms with Crippen molar-refractivity contribution in [2.75, 3.05) is 24.7 Å². The number of phenolic OH excluding ortho intramolecular Hbond substituents is 2. The van der Waals surface area contributed by atoms with E-state index in [1.54, 1.807) is 38.1 Å². The monoisotopic (exact) mass is 874 g/mol. The molecule has 2 atom stereocenters. The van der Waals surface area contributed by atoms with E-state index >= 15 is 0 Å². The minimum atomic E-state index is -0.605. The molecule has 16 heteroatoms. The van der Waals surface area contributed by atoms with Crippen LogP contribution in [0.25, 0.3) is 0 Å². The predicted molar refractivity (Wildman–Crippen MR) is 237 cm³/mol. The Bertz CT molecular complexity index is 1540. The Morgan fingerprint density at radius 3 is 1.28 bits per heavy atom. The number of aryl methyl sites for hydroxylation is 2. The fraction of sp³-hybridized carbons (Fsp3) is 0.591. The SMILES string of the molecule is CCCCc1ccc(O)c(C(=O)NNC(=O)C(C)SCCC(=O)OCCCCCCCCCCOC(=O)CCSC(C)C(=O)NNC(=O)c2cc(CCCC)ccc2O)c1. The number of rotatable bonds is 29. The Balaban J connectivity index is 1.41. The molecule has 2 aromatic rings. The fourth-order valence-corrected chi connectivity index (χ4v) is 7.44. The molecule has 0 aromatic heterocycles. The van der Waals surface area contributed by atoms with E-state index in [-0.39, 0.29) is 47.4 Å². The molecule has 0 aliphatic rings. The zero-order valence-corrected chi connectivity index (χ0v) is 37.4. The summed E-state index contributed by atoms with van der Waals surface area (Å²) in [6.45, 7) is 8.22. The number of nitrogens with one attached hydrogen (secondary N) is 4. The van der Waals surface area contributed by atoms with Gasteiger partial charge in [0.1, 0.15) is 11.5 Å². The molecule has 0 radical (unpaired) electrons. The van der Waals surface area contributed by atoms with Crippen LogP contribution in [-0.4, -0.2) is 81.0 Å². The molecule has 0 saturated heterocycles. The maximum Gasteiger partial charge on any atom is 0.306 e. The van der Waals surface area contributed by atoms with E-state index < -0.39 is 34.1 Å². The summed E-state index contributed by atoms with van der Waals surface area (Å²) >= 11 is 2.56. The number of esters is 2. The number of hydrogen-bond donors (Lipinski definition) is 6. The normalized spacial score (nSPS) is 11.9. The van der Waals surface area contributed by atoms with Gasteiger partial charge in [0.25, 0.3) is 23.6 Å². The first-order valence-electron chi connectivity index (χ1n) is 21.2. The van der Waals surface area contributed by atoms with Gasteiger partial charge < -0.3 is 19.7 Å². The van der Waals surface area contributed by atoms with E-state index in [9.17, 15) is 39.0 Å². The van der Waals surface area contributed by atoms with Crippen molar-refractivity contribution in [1.82, 2.24) is 21.7 Å². The zero-order valence-electron chi connectivity index (χ0n) is 35.7. The lowest BCUT2D eigenvalue weighted by atomic mass is 10.0. The number of aromatic hydroxyl groups is 2. The summed E-state index contributed by atoms with van der Waals surface area (Å²) in [6.07, 6.45) is 13.5. The van der Waals surface area contributed by atoms with Crippen molar-refractivity contribution in [3.63, 3.8) is 0 Å². The minimum absolute atomic E-state index is 0.0941. The maximum absolute atomic E-state index is 12.5. The van der Waals surface area contributed by atoms with Gasteiger partial charge in [-0.1, -0.05) is 77.3 Å². The van der Waals surface area contributed by atoms with Crippen molar-refractivity contribution in [3.05, 3.63) is 58.7 Å². The molecule has 0 fully saturated rings. The second-order valence-electron chi connectivity index (χ2n) is 14.6. The van der Waals surface area contributed by atoms with Gasteiger partial charge in [-0.3, -0.25) is 50.5 Å². The van der Waals surface area contributed by atoms with E-state index in [1.165, 1.54) is 35.7 Å². The minimum Gasteiger partial charge on any atom is -0.507 e. The van der Waals surface area contributed by atoms with Gasteiger partial charge in [-0.15, -0.1) is 23.5 Å². The average Bonchev–Trinajstić information content (AvgIpc) is 3.23. The quantitative estimate of drug-likeness (QED) is 0.0272. The van der Waals surface area contributed by atoms with Gasteiger partial charge >= 0.3 is 11.9 Å². The fourth-order valence-electron chi connectivity index (χ4n) is 5.75. The van der Waals surface area contributed by atoms with Crippen LogP contribution in [0.5, 0.6) is 11.5 Å². The lowest BCUT2D eigenvalue weighted by molar-refractivity contribution is -0.144. The molecule has 0 bridgehead atoms. The largest absolute Gasteiger partial charge is 0.507 e. The molecule has 0 heterocycles. The summed E-state index contributed by atoms with van der Waals surface area (Å²) in [5.74, 6) is -2.21. The Morgan fingerprint density at radius 2 is 0.917 bits per heavy atom. The number of carbonyl (C=O) groups excluding carboxylic acids is 6. The topological polar surface area (TPSA) is 209 Å². The molecular formula is C44H66N4O10S2. The molecule has 334 valence electrons. The van der Waals surface area contributed by atoms with E-state index in [1.807, 2.05) is 0 Å².